The Labute approximate surface area is 262 Å². The Morgan fingerprint density at radius 1 is 0.524 bits per heavy atom. The van der Waals surface area contributed by atoms with Gasteiger partial charge >= 0.3 is 0 Å². The first-order valence-electron chi connectivity index (χ1n) is 18.9. The van der Waals surface area contributed by atoms with Crippen LogP contribution in [0.1, 0.15) is 192 Å². The zero-order valence-electron chi connectivity index (χ0n) is 28.3. The van der Waals surface area contributed by atoms with Crippen LogP contribution < -0.4 is 0 Å². The molecule has 0 N–H and O–H groups in total. The van der Waals surface area contributed by atoms with Gasteiger partial charge in [-0.2, -0.15) is 0 Å². The fourth-order valence-electron chi connectivity index (χ4n) is 6.88. The minimum absolute atomic E-state index is 0.573. The van der Waals surface area contributed by atoms with Gasteiger partial charge in [0.1, 0.15) is 0 Å². The molecule has 1 aromatic heterocycles. The van der Waals surface area contributed by atoms with Crippen molar-refractivity contribution < 1.29 is 0 Å². The minimum Gasteiger partial charge on any atom is -0.334 e. The zero-order valence-corrected chi connectivity index (χ0v) is 28.3. The Morgan fingerprint density at radius 2 is 0.952 bits per heavy atom. The summed E-state index contributed by atoms with van der Waals surface area (Å²) in [5, 5.41) is 0. The van der Waals surface area contributed by atoms with Crippen molar-refractivity contribution in [3.63, 3.8) is 0 Å². The van der Waals surface area contributed by atoms with Gasteiger partial charge in [-0.05, 0) is 30.7 Å². The molecule has 2 atom stereocenters. The summed E-state index contributed by atoms with van der Waals surface area (Å²) in [4.78, 5) is 4.47. The quantitative estimate of drug-likeness (QED) is 0.0843. The number of benzene rings is 1. The molecule has 42 heavy (non-hydrogen) atoms. The molecule has 0 radical (unpaired) electrons. The van der Waals surface area contributed by atoms with Crippen LogP contribution in [0.4, 0.5) is 0 Å². The molecule has 0 amide bonds. The van der Waals surface area contributed by atoms with Crippen molar-refractivity contribution in [1.29, 1.82) is 0 Å². The maximum Gasteiger partial charge on any atom is 0.0948 e. The first kappa shape index (κ1) is 36.6. The van der Waals surface area contributed by atoms with E-state index in [1.165, 1.54) is 179 Å². The molecule has 2 nitrogen and oxygen atoms in total. The maximum atomic E-state index is 4.47. The van der Waals surface area contributed by atoms with Gasteiger partial charge in [0.2, 0.25) is 0 Å². The van der Waals surface area contributed by atoms with Gasteiger partial charge in [0.05, 0.1) is 6.33 Å². The molecule has 2 rings (SSSR count). The summed E-state index contributed by atoms with van der Waals surface area (Å²) in [5.74, 6) is 0.692. The van der Waals surface area contributed by atoms with Crippen LogP contribution in [0.2, 0.25) is 0 Å². The lowest BCUT2D eigenvalue weighted by Crippen LogP contribution is -2.21. The topological polar surface area (TPSA) is 17.8 Å². The van der Waals surface area contributed by atoms with Gasteiger partial charge in [0.15, 0.2) is 0 Å². The van der Waals surface area contributed by atoms with Crippen LogP contribution in [0.25, 0.3) is 0 Å². The van der Waals surface area contributed by atoms with E-state index in [2.05, 4.69) is 66.3 Å². The summed E-state index contributed by atoms with van der Waals surface area (Å²) in [7, 11) is 0. The van der Waals surface area contributed by atoms with Gasteiger partial charge < -0.3 is 4.57 Å². The second-order valence-electron chi connectivity index (χ2n) is 13.4. The van der Waals surface area contributed by atoms with Crippen LogP contribution in [0.3, 0.4) is 0 Å². The summed E-state index contributed by atoms with van der Waals surface area (Å²) in [6.45, 7) is 4.61. The molecular formula is C40H70N2. The van der Waals surface area contributed by atoms with Crippen LogP contribution in [-0.4, -0.2) is 9.55 Å². The highest BCUT2D eigenvalue weighted by molar-refractivity contribution is 5.15. The summed E-state index contributed by atoms with van der Waals surface area (Å²) in [6, 6.07) is 11.8. The standard InChI is InChI=1S/C40H70N2/c1-3-5-7-9-11-13-14-15-16-17-18-20-21-23-28-32-39(36-38-30-26-25-27-31-38)40(42-35-34-41-37-42)33-29-24-22-19-12-10-8-6-4-2/h25-27,30-31,34-35,37,39-40H,3-24,28-29,32-33,36H2,1-2H3. The maximum absolute atomic E-state index is 4.47. The normalized spacial score (nSPS) is 13.0. The Balaban J connectivity index is 1.68. The molecule has 1 aromatic carbocycles. The van der Waals surface area contributed by atoms with Crippen LogP contribution in [-0.2, 0) is 6.42 Å². The van der Waals surface area contributed by atoms with E-state index in [1.807, 2.05) is 6.20 Å². The second-order valence-corrected chi connectivity index (χ2v) is 13.4. The summed E-state index contributed by atoms with van der Waals surface area (Å²) >= 11 is 0. The molecule has 1 heterocycles. The number of hydrogen-bond acceptors (Lipinski definition) is 1. The lowest BCUT2D eigenvalue weighted by atomic mass is 9.84. The second kappa shape index (κ2) is 27.0. The Hall–Kier alpha value is -1.57. The van der Waals surface area contributed by atoms with Gasteiger partial charge in [-0.1, -0.05) is 198 Å². The lowest BCUT2D eigenvalue weighted by Gasteiger charge is -2.29. The van der Waals surface area contributed by atoms with Gasteiger partial charge in [-0.25, -0.2) is 4.98 Å². The highest BCUT2D eigenvalue weighted by Gasteiger charge is 2.23. The number of rotatable bonds is 30. The summed E-state index contributed by atoms with van der Waals surface area (Å²) in [5.41, 5.74) is 1.50. The first-order chi connectivity index (χ1) is 20.8. The van der Waals surface area contributed by atoms with E-state index in [4.69, 9.17) is 0 Å². The van der Waals surface area contributed by atoms with E-state index in [-0.39, 0.29) is 0 Å². The molecule has 0 fully saturated rings. The predicted molar refractivity (Wildman–Crippen MR) is 186 cm³/mol. The van der Waals surface area contributed by atoms with Crippen molar-refractivity contribution in [1.82, 2.24) is 9.55 Å². The molecule has 0 aliphatic rings. The number of aromatic nitrogens is 2. The van der Waals surface area contributed by atoms with Gasteiger partial charge in [-0.15, -0.1) is 0 Å². The molecule has 2 heteroatoms. The van der Waals surface area contributed by atoms with Gasteiger partial charge in [0.25, 0.3) is 0 Å². The highest BCUT2D eigenvalue weighted by Crippen LogP contribution is 2.32. The smallest absolute Gasteiger partial charge is 0.0948 e. The molecule has 0 aliphatic heterocycles. The molecule has 0 aliphatic carbocycles. The number of unbranched alkanes of at least 4 members (excludes halogenated alkanes) is 22. The van der Waals surface area contributed by atoms with Crippen molar-refractivity contribution >= 4 is 0 Å². The van der Waals surface area contributed by atoms with E-state index >= 15 is 0 Å². The molecule has 0 saturated carbocycles. The lowest BCUT2D eigenvalue weighted by molar-refractivity contribution is 0.275. The summed E-state index contributed by atoms with van der Waals surface area (Å²) < 4.78 is 2.45. The van der Waals surface area contributed by atoms with E-state index < -0.39 is 0 Å². The van der Waals surface area contributed by atoms with E-state index in [0.717, 1.165) is 0 Å². The number of nitrogens with zero attached hydrogens (tertiary/aromatic N) is 2. The van der Waals surface area contributed by atoms with Crippen molar-refractivity contribution in [2.75, 3.05) is 0 Å². The molecule has 0 bridgehead atoms. The summed E-state index contributed by atoms with van der Waals surface area (Å²) in [6.07, 6.45) is 44.3. The van der Waals surface area contributed by atoms with Crippen LogP contribution in [0, 0.1) is 5.92 Å². The van der Waals surface area contributed by atoms with Crippen LogP contribution in [0.15, 0.2) is 49.1 Å². The molecule has 0 saturated heterocycles. The average Bonchev–Trinajstić information content (AvgIpc) is 3.55. The third-order valence-electron chi connectivity index (χ3n) is 9.57. The van der Waals surface area contributed by atoms with Gasteiger partial charge in [0, 0.05) is 18.4 Å². The van der Waals surface area contributed by atoms with E-state index in [1.54, 1.807) is 0 Å². The van der Waals surface area contributed by atoms with Gasteiger partial charge in [-0.3, -0.25) is 0 Å². The van der Waals surface area contributed by atoms with E-state index in [9.17, 15) is 0 Å². The first-order valence-corrected chi connectivity index (χ1v) is 18.9. The Morgan fingerprint density at radius 3 is 1.38 bits per heavy atom. The molecule has 240 valence electrons. The van der Waals surface area contributed by atoms with Crippen molar-refractivity contribution in [3.05, 3.63) is 54.6 Å². The predicted octanol–water partition coefficient (Wildman–Crippen LogP) is 13.5. The number of imidazole rings is 1. The molecule has 2 unspecified atom stereocenters. The minimum atomic E-state index is 0.573. The fourth-order valence-corrected chi connectivity index (χ4v) is 6.88. The average molecular weight is 579 g/mol. The van der Waals surface area contributed by atoms with E-state index in [0.29, 0.717) is 12.0 Å². The third kappa shape index (κ3) is 18.9. The molecule has 2 aromatic rings. The zero-order chi connectivity index (χ0) is 29.8. The number of hydrogen-bond donors (Lipinski definition) is 0. The highest BCUT2D eigenvalue weighted by atomic mass is 15.1. The molecule has 0 spiro atoms. The Bertz CT molecular complexity index is 783. The third-order valence-corrected chi connectivity index (χ3v) is 9.57. The van der Waals surface area contributed by atoms with Crippen molar-refractivity contribution in [2.45, 2.75) is 193 Å². The van der Waals surface area contributed by atoms with Crippen LogP contribution in [0.5, 0.6) is 0 Å². The Kier molecular flexibility index (Phi) is 23.6. The van der Waals surface area contributed by atoms with Crippen molar-refractivity contribution in [3.8, 4) is 0 Å². The van der Waals surface area contributed by atoms with Crippen LogP contribution >= 0.6 is 0 Å². The molecular weight excluding hydrogens is 508 g/mol. The SMILES string of the molecule is CCCCCCCCCCCCCCCCCC(Cc1ccccc1)C(CCCCCCCCCCC)n1ccnc1. The largest absolute Gasteiger partial charge is 0.334 e. The monoisotopic (exact) mass is 579 g/mol. The fraction of sp³-hybridized carbons (Fsp3) is 0.775. The van der Waals surface area contributed by atoms with Crippen molar-refractivity contribution in [2.24, 2.45) is 5.92 Å².